The molecule has 2 rings (SSSR count). The fourth-order valence-electron chi connectivity index (χ4n) is 2.29. The Kier molecular flexibility index (Phi) is 7.01. The van der Waals surface area contributed by atoms with Gasteiger partial charge >= 0.3 is 0 Å². The topological polar surface area (TPSA) is 82.3 Å². The molecule has 132 valence electrons. The minimum absolute atomic E-state index is 0.00966. The first-order valence-corrected chi connectivity index (χ1v) is 9.28. The molecule has 1 aromatic heterocycles. The lowest BCUT2D eigenvalue weighted by Crippen LogP contribution is -2.27. The highest BCUT2D eigenvalue weighted by atomic mass is 32.2. The lowest BCUT2D eigenvalue weighted by molar-refractivity contribution is -0.117. The molecule has 0 aliphatic heterocycles. The molecule has 1 amide bonds. The number of pyridine rings is 1. The first-order chi connectivity index (χ1) is 12.0. The van der Waals surface area contributed by atoms with Crippen LogP contribution in [-0.4, -0.2) is 34.8 Å². The van der Waals surface area contributed by atoms with Gasteiger partial charge in [0, 0.05) is 23.9 Å². The second-order valence-electron chi connectivity index (χ2n) is 5.67. The van der Waals surface area contributed by atoms with Crippen LogP contribution in [0.3, 0.4) is 0 Å². The number of amides is 1. The average molecular weight is 358 g/mol. The van der Waals surface area contributed by atoms with E-state index in [1.165, 1.54) is 18.7 Å². The van der Waals surface area contributed by atoms with E-state index in [-0.39, 0.29) is 16.9 Å². The van der Waals surface area contributed by atoms with Crippen molar-refractivity contribution in [3.8, 4) is 5.75 Å². The first-order valence-electron chi connectivity index (χ1n) is 7.99. The zero-order valence-electron chi connectivity index (χ0n) is 14.4. The van der Waals surface area contributed by atoms with E-state index in [9.17, 15) is 9.59 Å². The minimum atomic E-state index is -0.295. The third-order valence-corrected chi connectivity index (χ3v) is 4.77. The molecule has 1 unspecified atom stereocenters. The molecule has 0 radical (unpaired) electrons. The van der Waals surface area contributed by atoms with Crippen molar-refractivity contribution in [2.45, 2.75) is 25.0 Å². The SMILES string of the molecule is CSC(Cc1ccc(OCCc2ccc(C(C)=O)cn2)cc1)C(N)=O. The number of primary amides is 1. The number of ether oxygens (including phenoxy) is 1. The molecule has 1 heterocycles. The van der Waals surface area contributed by atoms with Crippen LogP contribution in [0.15, 0.2) is 42.6 Å². The van der Waals surface area contributed by atoms with Crippen molar-refractivity contribution in [2.75, 3.05) is 12.9 Å². The number of carbonyl (C=O) groups excluding carboxylic acids is 2. The normalized spacial score (nSPS) is 11.8. The summed E-state index contributed by atoms with van der Waals surface area (Å²) in [7, 11) is 0. The molecule has 25 heavy (non-hydrogen) atoms. The monoisotopic (exact) mass is 358 g/mol. The Bertz CT molecular complexity index is 714. The molecular formula is C19H22N2O3S. The Hall–Kier alpha value is -2.34. The number of rotatable bonds is 9. The van der Waals surface area contributed by atoms with Gasteiger partial charge in [-0.15, -0.1) is 0 Å². The van der Waals surface area contributed by atoms with Gasteiger partial charge in [0.25, 0.3) is 0 Å². The van der Waals surface area contributed by atoms with Gasteiger partial charge in [0.15, 0.2) is 5.78 Å². The zero-order valence-corrected chi connectivity index (χ0v) is 15.2. The fraction of sp³-hybridized carbons (Fsp3) is 0.316. The van der Waals surface area contributed by atoms with Crippen LogP contribution in [0.25, 0.3) is 0 Å². The first kappa shape index (κ1) is 19.0. The summed E-state index contributed by atoms with van der Waals surface area (Å²) in [5, 5.41) is -0.212. The van der Waals surface area contributed by atoms with Gasteiger partial charge in [0.05, 0.1) is 11.9 Å². The number of hydrogen-bond donors (Lipinski definition) is 1. The molecule has 5 nitrogen and oxygen atoms in total. The van der Waals surface area contributed by atoms with Crippen molar-refractivity contribution in [3.63, 3.8) is 0 Å². The van der Waals surface area contributed by atoms with Gasteiger partial charge in [-0.2, -0.15) is 11.8 Å². The maximum Gasteiger partial charge on any atom is 0.230 e. The van der Waals surface area contributed by atoms with E-state index < -0.39 is 0 Å². The number of nitrogens with two attached hydrogens (primary N) is 1. The maximum atomic E-state index is 11.3. The van der Waals surface area contributed by atoms with Crippen LogP contribution in [0.4, 0.5) is 0 Å². The van der Waals surface area contributed by atoms with Crippen LogP contribution in [0, 0.1) is 0 Å². The van der Waals surface area contributed by atoms with Crippen molar-refractivity contribution in [3.05, 3.63) is 59.4 Å². The third kappa shape index (κ3) is 5.90. The highest BCUT2D eigenvalue weighted by Gasteiger charge is 2.14. The molecule has 0 fully saturated rings. The van der Waals surface area contributed by atoms with Crippen LogP contribution < -0.4 is 10.5 Å². The molecule has 0 aliphatic rings. The Morgan fingerprint density at radius 2 is 1.92 bits per heavy atom. The predicted molar refractivity (Wildman–Crippen MR) is 100 cm³/mol. The molecule has 1 aromatic carbocycles. The summed E-state index contributed by atoms with van der Waals surface area (Å²) >= 11 is 1.46. The Balaban J connectivity index is 1.83. The molecule has 0 aliphatic carbocycles. The number of hydrogen-bond acceptors (Lipinski definition) is 5. The molecule has 1 atom stereocenters. The molecule has 0 bridgehead atoms. The van der Waals surface area contributed by atoms with E-state index in [1.54, 1.807) is 12.3 Å². The van der Waals surface area contributed by atoms with Crippen molar-refractivity contribution in [2.24, 2.45) is 5.73 Å². The quantitative estimate of drug-likeness (QED) is 0.697. The number of Topliss-reactive ketones (excluding diaryl/α,β-unsaturated/α-hetero) is 1. The highest BCUT2D eigenvalue weighted by molar-refractivity contribution is 7.99. The van der Waals surface area contributed by atoms with E-state index in [0.717, 1.165) is 17.0 Å². The van der Waals surface area contributed by atoms with Gasteiger partial charge in [-0.3, -0.25) is 14.6 Å². The van der Waals surface area contributed by atoms with Crippen LogP contribution >= 0.6 is 11.8 Å². The minimum Gasteiger partial charge on any atom is -0.493 e. The summed E-state index contributed by atoms with van der Waals surface area (Å²) in [5.74, 6) is 0.482. The second kappa shape index (κ2) is 9.22. The van der Waals surface area contributed by atoms with Gasteiger partial charge in [0.2, 0.25) is 5.91 Å². The van der Waals surface area contributed by atoms with Crippen LogP contribution in [0.1, 0.15) is 28.5 Å². The van der Waals surface area contributed by atoms with Crippen molar-refractivity contribution < 1.29 is 14.3 Å². The van der Waals surface area contributed by atoms with Crippen molar-refractivity contribution >= 4 is 23.5 Å². The standard InChI is InChI=1S/C19H22N2O3S/c1-13(22)15-5-6-16(21-12-15)9-10-24-17-7-3-14(4-8-17)11-18(25-2)19(20)23/h3-8,12,18H,9-11H2,1-2H3,(H2,20,23). The molecule has 6 heteroatoms. The maximum absolute atomic E-state index is 11.3. The van der Waals surface area contributed by atoms with Crippen LogP contribution in [0.2, 0.25) is 0 Å². The average Bonchev–Trinajstić information content (AvgIpc) is 2.61. The Labute approximate surface area is 152 Å². The van der Waals surface area contributed by atoms with Gasteiger partial charge < -0.3 is 10.5 Å². The highest BCUT2D eigenvalue weighted by Crippen LogP contribution is 2.17. The third-order valence-electron chi connectivity index (χ3n) is 3.80. The van der Waals surface area contributed by atoms with Crippen molar-refractivity contribution in [1.29, 1.82) is 0 Å². The summed E-state index contributed by atoms with van der Waals surface area (Å²) in [4.78, 5) is 26.8. The summed E-state index contributed by atoms with van der Waals surface area (Å²) in [6.45, 7) is 2.02. The molecule has 0 spiro atoms. The van der Waals surface area contributed by atoms with E-state index in [0.29, 0.717) is 25.0 Å². The van der Waals surface area contributed by atoms with Gasteiger partial charge in [-0.1, -0.05) is 12.1 Å². The number of benzene rings is 1. The number of nitrogens with zero attached hydrogens (tertiary/aromatic N) is 1. The Morgan fingerprint density at radius 1 is 1.20 bits per heavy atom. The van der Waals surface area contributed by atoms with Gasteiger partial charge in [-0.05, 0) is 49.4 Å². The fourth-order valence-corrected chi connectivity index (χ4v) is 2.88. The van der Waals surface area contributed by atoms with Crippen molar-refractivity contribution in [1.82, 2.24) is 4.98 Å². The van der Waals surface area contributed by atoms with E-state index >= 15 is 0 Å². The summed E-state index contributed by atoms with van der Waals surface area (Å²) in [5.41, 5.74) is 7.90. The largest absolute Gasteiger partial charge is 0.493 e. The molecule has 0 saturated carbocycles. The summed E-state index contributed by atoms with van der Waals surface area (Å²) in [6.07, 6.45) is 4.75. The van der Waals surface area contributed by atoms with E-state index in [2.05, 4.69) is 4.98 Å². The lowest BCUT2D eigenvalue weighted by Gasteiger charge is -2.11. The lowest BCUT2D eigenvalue weighted by atomic mass is 10.1. The smallest absolute Gasteiger partial charge is 0.230 e. The van der Waals surface area contributed by atoms with Crippen LogP contribution in [-0.2, 0) is 17.6 Å². The molecule has 2 N–H and O–H groups in total. The number of thioether (sulfide) groups is 1. The van der Waals surface area contributed by atoms with E-state index in [4.69, 9.17) is 10.5 Å². The summed E-state index contributed by atoms with van der Waals surface area (Å²) in [6, 6.07) is 11.3. The Morgan fingerprint density at radius 3 is 2.44 bits per heavy atom. The number of ketones is 1. The number of aromatic nitrogens is 1. The van der Waals surface area contributed by atoms with E-state index in [1.807, 2.05) is 36.6 Å². The molecular weight excluding hydrogens is 336 g/mol. The zero-order chi connectivity index (χ0) is 18.2. The second-order valence-corrected chi connectivity index (χ2v) is 6.71. The molecule has 0 saturated heterocycles. The van der Waals surface area contributed by atoms with Gasteiger partial charge in [0.1, 0.15) is 5.75 Å². The predicted octanol–water partition coefficient (Wildman–Crippen LogP) is 2.67. The summed E-state index contributed by atoms with van der Waals surface area (Å²) < 4.78 is 5.72. The number of carbonyl (C=O) groups is 2. The van der Waals surface area contributed by atoms with Crippen LogP contribution in [0.5, 0.6) is 5.75 Å². The molecule has 2 aromatic rings. The van der Waals surface area contributed by atoms with Gasteiger partial charge in [-0.25, -0.2) is 0 Å².